The van der Waals surface area contributed by atoms with Crippen LogP contribution in [0.2, 0.25) is 0 Å². The Labute approximate surface area is 118 Å². The Morgan fingerprint density at radius 2 is 2.15 bits per heavy atom. The van der Waals surface area contributed by atoms with Crippen molar-refractivity contribution in [3.8, 4) is 11.5 Å². The molecule has 0 aliphatic carbocycles. The zero-order valence-corrected chi connectivity index (χ0v) is 11.1. The lowest BCUT2D eigenvalue weighted by Crippen LogP contribution is -2.21. The maximum absolute atomic E-state index is 10.7. The first-order chi connectivity index (χ1) is 9.72. The molecule has 8 heteroatoms. The third kappa shape index (κ3) is 2.69. The molecule has 1 aromatic carbocycles. The van der Waals surface area contributed by atoms with Crippen molar-refractivity contribution in [2.24, 2.45) is 5.73 Å². The summed E-state index contributed by atoms with van der Waals surface area (Å²) in [5.74, 6) is 1.28. The smallest absolute Gasteiger partial charge is 0.277 e. The molecule has 0 fully saturated rings. The van der Waals surface area contributed by atoms with E-state index in [9.17, 15) is 4.79 Å². The van der Waals surface area contributed by atoms with Crippen LogP contribution in [0.3, 0.4) is 0 Å². The molecule has 1 amide bonds. The first kappa shape index (κ1) is 12.8. The van der Waals surface area contributed by atoms with E-state index in [-0.39, 0.29) is 11.0 Å². The minimum absolute atomic E-state index is 0.0898. The van der Waals surface area contributed by atoms with Crippen molar-refractivity contribution in [1.29, 1.82) is 0 Å². The van der Waals surface area contributed by atoms with Gasteiger partial charge in [0.05, 0.1) is 5.75 Å². The number of nitrogens with zero attached hydrogens (tertiary/aromatic N) is 2. The van der Waals surface area contributed by atoms with E-state index in [0.29, 0.717) is 24.0 Å². The number of aromatic nitrogens is 2. The van der Waals surface area contributed by atoms with E-state index in [2.05, 4.69) is 10.2 Å². The number of fused-ring (bicyclic) bond motifs is 1. The van der Waals surface area contributed by atoms with Crippen LogP contribution >= 0.6 is 11.8 Å². The van der Waals surface area contributed by atoms with Gasteiger partial charge in [0.2, 0.25) is 12.0 Å². The topological polar surface area (TPSA) is 100 Å². The van der Waals surface area contributed by atoms with Crippen molar-refractivity contribution in [1.82, 2.24) is 10.2 Å². The molecular weight excluding hydrogens is 282 g/mol. The maximum atomic E-state index is 10.7. The van der Waals surface area contributed by atoms with Gasteiger partial charge in [0.25, 0.3) is 11.1 Å². The highest BCUT2D eigenvalue weighted by atomic mass is 32.2. The number of thioether (sulfide) groups is 1. The van der Waals surface area contributed by atoms with Crippen LogP contribution < -0.4 is 15.2 Å². The van der Waals surface area contributed by atoms with Crippen LogP contribution in [0.25, 0.3) is 0 Å². The summed E-state index contributed by atoms with van der Waals surface area (Å²) >= 11 is 1.09. The van der Waals surface area contributed by atoms with E-state index >= 15 is 0 Å². The molecule has 104 valence electrons. The summed E-state index contributed by atoms with van der Waals surface area (Å²) in [4.78, 5) is 10.7. The molecule has 1 aliphatic rings. The predicted molar refractivity (Wildman–Crippen MR) is 69.5 cm³/mol. The third-order valence-corrected chi connectivity index (χ3v) is 3.38. The van der Waals surface area contributed by atoms with Crippen molar-refractivity contribution < 1.29 is 18.7 Å². The Bertz CT molecular complexity index is 631. The van der Waals surface area contributed by atoms with Gasteiger partial charge in [-0.15, -0.1) is 10.2 Å². The molecule has 2 heterocycles. The summed E-state index contributed by atoms with van der Waals surface area (Å²) in [6.07, 6.45) is -0.458. The maximum Gasteiger partial charge on any atom is 0.277 e. The number of benzene rings is 1. The molecule has 0 saturated heterocycles. The molecule has 7 nitrogen and oxygen atoms in total. The molecule has 1 aliphatic heterocycles. The molecule has 0 spiro atoms. The van der Waals surface area contributed by atoms with E-state index in [1.54, 1.807) is 6.07 Å². The van der Waals surface area contributed by atoms with Crippen LogP contribution in [0.4, 0.5) is 0 Å². The number of hydrogen-bond donors (Lipinski definition) is 1. The molecule has 1 aromatic heterocycles. The molecule has 20 heavy (non-hydrogen) atoms. The SMILES string of the molecule is NC(=O)CSc1nnc([C@H]2COc3ccccc3O2)o1. The zero-order chi connectivity index (χ0) is 13.9. The van der Waals surface area contributed by atoms with Crippen molar-refractivity contribution >= 4 is 17.7 Å². The number of amides is 1. The number of para-hydroxylation sites is 2. The molecule has 0 unspecified atom stereocenters. The number of hydrogen-bond acceptors (Lipinski definition) is 7. The average molecular weight is 293 g/mol. The van der Waals surface area contributed by atoms with Crippen molar-refractivity contribution in [3.05, 3.63) is 30.2 Å². The quantitative estimate of drug-likeness (QED) is 0.844. The molecule has 2 aromatic rings. The van der Waals surface area contributed by atoms with Crippen LogP contribution in [0.1, 0.15) is 12.0 Å². The summed E-state index contributed by atoms with van der Waals surface area (Å²) in [6.45, 7) is 0.291. The van der Waals surface area contributed by atoms with Crippen molar-refractivity contribution in [2.45, 2.75) is 11.3 Å². The molecular formula is C12H11N3O4S. The molecule has 1 atom stereocenters. The second kappa shape index (κ2) is 5.41. The Morgan fingerprint density at radius 3 is 2.95 bits per heavy atom. The molecule has 0 saturated carbocycles. The lowest BCUT2D eigenvalue weighted by molar-refractivity contribution is -0.115. The Hall–Kier alpha value is -2.22. The van der Waals surface area contributed by atoms with Gasteiger partial charge in [0.1, 0.15) is 6.61 Å². The van der Waals surface area contributed by atoms with Crippen LogP contribution in [-0.2, 0) is 4.79 Å². The summed E-state index contributed by atoms with van der Waals surface area (Å²) in [6, 6.07) is 7.36. The highest BCUT2D eigenvalue weighted by Gasteiger charge is 2.27. The molecule has 2 N–H and O–H groups in total. The highest BCUT2D eigenvalue weighted by Crippen LogP contribution is 2.35. The van der Waals surface area contributed by atoms with Gasteiger partial charge in [-0.1, -0.05) is 23.9 Å². The monoisotopic (exact) mass is 293 g/mol. The van der Waals surface area contributed by atoms with Gasteiger partial charge in [0.15, 0.2) is 11.5 Å². The van der Waals surface area contributed by atoms with Gasteiger partial charge in [-0.3, -0.25) is 4.79 Å². The van der Waals surface area contributed by atoms with Gasteiger partial charge >= 0.3 is 0 Å². The number of primary amides is 1. The fourth-order valence-corrected chi connectivity index (χ4v) is 2.19. The third-order valence-electron chi connectivity index (χ3n) is 2.54. The van der Waals surface area contributed by atoms with Crippen LogP contribution in [0, 0.1) is 0 Å². The second-order valence-corrected chi connectivity index (χ2v) is 4.95. The van der Waals surface area contributed by atoms with Crippen LogP contribution in [-0.4, -0.2) is 28.5 Å². The Balaban J connectivity index is 1.70. The molecule has 3 rings (SSSR count). The summed E-state index contributed by atoms with van der Waals surface area (Å²) < 4.78 is 16.7. The van der Waals surface area contributed by atoms with Crippen LogP contribution in [0.5, 0.6) is 11.5 Å². The number of rotatable bonds is 4. The number of ether oxygens (including phenoxy) is 2. The van der Waals surface area contributed by atoms with Gasteiger partial charge in [-0.05, 0) is 12.1 Å². The first-order valence-electron chi connectivity index (χ1n) is 5.85. The molecule has 0 radical (unpaired) electrons. The summed E-state index contributed by atoms with van der Waals surface area (Å²) in [5.41, 5.74) is 5.05. The van der Waals surface area contributed by atoms with E-state index < -0.39 is 12.0 Å². The van der Waals surface area contributed by atoms with Gasteiger partial charge in [-0.25, -0.2) is 0 Å². The lowest BCUT2D eigenvalue weighted by Gasteiger charge is -2.23. The van der Waals surface area contributed by atoms with Crippen molar-refractivity contribution in [3.63, 3.8) is 0 Å². The van der Waals surface area contributed by atoms with E-state index in [1.165, 1.54) is 0 Å². The van der Waals surface area contributed by atoms with Gasteiger partial charge in [0, 0.05) is 0 Å². The minimum Gasteiger partial charge on any atom is -0.485 e. The Kier molecular flexibility index (Phi) is 3.46. The molecule has 0 bridgehead atoms. The first-order valence-corrected chi connectivity index (χ1v) is 6.84. The lowest BCUT2D eigenvalue weighted by atomic mass is 10.2. The van der Waals surface area contributed by atoms with E-state index in [4.69, 9.17) is 19.6 Å². The summed E-state index contributed by atoms with van der Waals surface area (Å²) in [7, 11) is 0. The highest BCUT2D eigenvalue weighted by molar-refractivity contribution is 7.99. The predicted octanol–water partition coefficient (Wildman–Crippen LogP) is 1.16. The summed E-state index contributed by atoms with van der Waals surface area (Å²) in [5, 5.41) is 8.00. The second-order valence-electron chi connectivity index (χ2n) is 4.03. The number of carbonyl (C=O) groups is 1. The fourth-order valence-electron chi connectivity index (χ4n) is 1.68. The average Bonchev–Trinajstić information content (AvgIpc) is 2.93. The van der Waals surface area contributed by atoms with Crippen molar-refractivity contribution in [2.75, 3.05) is 12.4 Å². The largest absolute Gasteiger partial charge is 0.485 e. The van der Waals surface area contributed by atoms with E-state index in [1.807, 2.05) is 18.2 Å². The fraction of sp³-hybridized carbons (Fsp3) is 0.250. The Morgan fingerprint density at radius 1 is 1.35 bits per heavy atom. The zero-order valence-electron chi connectivity index (χ0n) is 10.3. The van der Waals surface area contributed by atoms with E-state index in [0.717, 1.165) is 11.8 Å². The standard InChI is InChI=1S/C12H11N3O4S/c13-10(16)6-20-12-15-14-11(19-12)9-5-17-7-3-1-2-4-8(7)18-9/h1-4,9H,5-6H2,(H2,13,16)/t9-/m1/s1. The minimum atomic E-state index is -0.458. The number of nitrogens with two attached hydrogens (primary N) is 1. The normalized spacial score (nSPS) is 16.9. The van der Waals surface area contributed by atoms with Gasteiger partial charge < -0.3 is 19.6 Å². The van der Waals surface area contributed by atoms with Crippen LogP contribution in [0.15, 0.2) is 33.9 Å². The van der Waals surface area contributed by atoms with Gasteiger partial charge in [-0.2, -0.15) is 0 Å². The number of carbonyl (C=O) groups excluding carboxylic acids is 1.